The molecule has 2 saturated heterocycles. The minimum Gasteiger partial charge on any atom is -0.497 e. The zero-order valence-electron chi connectivity index (χ0n) is 24.6. The first-order valence-corrected chi connectivity index (χ1v) is 15.1. The number of amides is 4. The molecule has 2 atom stereocenters. The van der Waals surface area contributed by atoms with Gasteiger partial charge in [-0.05, 0) is 66.6 Å². The Morgan fingerprint density at radius 1 is 1.02 bits per heavy atom. The van der Waals surface area contributed by atoms with Crippen LogP contribution < -0.4 is 15.0 Å². The summed E-state index contributed by atoms with van der Waals surface area (Å²) in [5.74, 6) is 0.213. The number of carbonyl (C=O) groups is 3. The molecule has 4 aromatic rings. The van der Waals surface area contributed by atoms with Crippen molar-refractivity contribution in [1.29, 1.82) is 0 Å². The van der Waals surface area contributed by atoms with E-state index in [1.54, 1.807) is 36.3 Å². The molecule has 0 spiro atoms. The van der Waals surface area contributed by atoms with Crippen molar-refractivity contribution in [3.63, 3.8) is 0 Å². The molecular formula is C34H35N5O5. The van der Waals surface area contributed by atoms with Crippen molar-refractivity contribution in [1.82, 2.24) is 20.1 Å². The van der Waals surface area contributed by atoms with Crippen LogP contribution in [0.3, 0.4) is 0 Å². The molecule has 2 N–H and O–H groups in total. The van der Waals surface area contributed by atoms with Gasteiger partial charge in [0.15, 0.2) is 0 Å². The highest BCUT2D eigenvalue weighted by Gasteiger charge is 2.53. The van der Waals surface area contributed by atoms with Crippen molar-refractivity contribution < 1.29 is 23.9 Å². The van der Waals surface area contributed by atoms with Gasteiger partial charge >= 0.3 is 6.03 Å². The molecule has 7 rings (SSSR count). The normalized spacial score (nSPS) is 20.1. The second-order valence-electron chi connectivity index (χ2n) is 11.4. The van der Waals surface area contributed by atoms with Gasteiger partial charge in [-0.3, -0.25) is 19.4 Å². The van der Waals surface area contributed by atoms with Crippen LogP contribution in [0.1, 0.15) is 39.6 Å². The number of anilines is 1. The van der Waals surface area contributed by atoms with E-state index in [0.29, 0.717) is 30.0 Å². The molecule has 3 aliphatic rings. The number of methoxy groups -OCH3 is 1. The summed E-state index contributed by atoms with van der Waals surface area (Å²) in [5.41, 5.74) is 4.69. The lowest BCUT2D eigenvalue weighted by molar-refractivity contribution is -0.120. The SMILES string of the molecule is COc1cccc([C@H]2c3[nH]c4ccccc4c3C[C@H]3C(=O)N(c4ccc(C(=O)NCCCN5CCOCC5)cc4)C(=O)N23)c1. The quantitative estimate of drug-likeness (QED) is 0.235. The average Bonchev–Trinajstić information content (AvgIpc) is 3.56. The summed E-state index contributed by atoms with van der Waals surface area (Å²) in [7, 11) is 1.61. The van der Waals surface area contributed by atoms with Crippen molar-refractivity contribution >= 4 is 34.4 Å². The summed E-state index contributed by atoms with van der Waals surface area (Å²) in [6, 6.07) is 20.8. The molecule has 0 saturated carbocycles. The lowest BCUT2D eigenvalue weighted by Gasteiger charge is -2.36. The van der Waals surface area contributed by atoms with Crippen molar-refractivity contribution in [3.05, 3.63) is 95.2 Å². The average molecular weight is 594 g/mol. The first-order valence-electron chi connectivity index (χ1n) is 15.1. The highest BCUT2D eigenvalue weighted by molar-refractivity contribution is 6.22. The molecule has 4 heterocycles. The largest absolute Gasteiger partial charge is 0.497 e. The van der Waals surface area contributed by atoms with Gasteiger partial charge in [0.05, 0.1) is 26.0 Å². The maximum atomic E-state index is 14.1. The smallest absolute Gasteiger partial charge is 0.332 e. The summed E-state index contributed by atoms with van der Waals surface area (Å²) in [6.45, 7) is 4.83. The third kappa shape index (κ3) is 4.99. The predicted octanol–water partition coefficient (Wildman–Crippen LogP) is 4.11. The summed E-state index contributed by atoms with van der Waals surface area (Å²) < 4.78 is 10.9. The van der Waals surface area contributed by atoms with Crippen molar-refractivity contribution in [3.8, 4) is 5.75 Å². The lowest BCUT2D eigenvalue weighted by atomic mass is 9.89. The number of hydrogen-bond donors (Lipinski definition) is 2. The molecule has 3 aliphatic heterocycles. The summed E-state index contributed by atoms with van der Waals surface area (Å²) in [4.78, 5) is 49.7. The Bertz CT molecular complexity index is 1710. The molecule has 0 aliphatic carbocycles. The topological polar surface area (TPSA) is 107 Å². The monoisotopic (exact) mass is 593 g/mol. The number of fused-ring (bicyclic) bond motifs is 4. The van der Waals surface area contributed by atoms with Crippen LogP contribution in [0.5, 0.6) is 5.75 Å². The van der Waals surface area contributed by atoms with E-state index in [9.17, 15) is 14.4 Å². The molecule has 10 heteroatoms. The number of hydrogen-bond acceptors (Lipinski definition) is 6. The van der Waals surface area contributed by atoms with E-state index in [1.807, 2.05) is 48.5 Å². The second kappa shape index (κ2) is 11.8. The van der Waals surface area contributed by atoms with Gasteiger partial charge in [0, 0.05) is 48.2 Å². The standard InChI is InChI=1S/C34H35N5O5/c1-43-25-7-4-6-23(20-25)31-30-27(26-8-2-3-9-28(26)36-30)21-29-33(41)38(34(42)39(29)31)24-12-10-22(11-13-24)32(40)35-14-5-15-37-16-18-44-19-17-37/h2-4,6-13,20,29,31,36H,5,14-19,21H2,1H3,(H,35,40)/t29-,31-/m0/s1. The van der Waals surface area contributed by atoms with Gasteiger partial charge in [-0.2, -0.15) is 0 Å². The fraction of sp³-hybridized carbons (Fsp3) is 0.324. The van der Waals surface area contributed by atoms with Crippen LogP contribution in [-0.4, -0.2) is 85.2 Å². The number of nitrogens with zero attached hydrogens (tertiary/aromatic N) is 3. The number of nitrogens with one attached hydrogen (secondary N) is 2. The number of carbonyl (C=O) groups excluding carboxylic acids is 3. The Hall–Kier alpha value is -4.67. The summed E-state index contributed by atoms with van der Waals surface area (Å²) >= 11 is 0. The van der Waals surface area contributed by atoms with Crippen LogP contribution in [0.15, 0.2) is 72.8 Å². The molecule has 3 aromatic carbocycles. The number of imide groups is 1. The minimum atomic E-state index is -0.667. The molecule has 10 nitrogen and oxygen atoms in total. The van der Waals surface area contributed by atoms with Gasteiger partial charge < -0.3 is 19.8 Å². The first kappa shape index (κ1) is 28.1. The number of rotatable bonds is 8. The Morgan fingerprint density at radius 2 is 1.82 bits per heavy atom. The van der Waals surface area contributed by atoms with Crippen molar-refractivity contribution in [2.75, 3.05) is 51.4 Å². The number of aromatic amines is 1. The van der Waals surface area contributed by atoms with Crippen molar-refractivity contribution in [2.24, 2.45) is 0 Å². The second-order valence-corrected chi connectivity index (χ2v) is 11.4. The van der Waals surface area contributed by atoms with Crippen molar-refractivity contribution in [2.45, 2.75) is 24.9 Å². The number of morpholine rings is 1. The highest BCUT2D eigenvalue weighted by atomic mass is 16.5. The number of para-hydroxylation sites is 1. The lowest BCUT2D eigenvalue weighted by Crippen LogP contribution is -2.44. The van der Waals surface area contributed by atoms with Gasteiger partial charge in [-0.25, -0.2) is 9.69 Å². The maximum Gasteiger partial charge on any atom is 0.332 e. The fourth-order valence-corrected chi connectivity index (χ4v) is 6.66. The molecule has 4 amide bonds. The van der Waals surface area contributed by atoms with Crippen LogP contribution in [0.2, 0.25) is 0 Å². The van der Waals surface area contributed by atoms with Gasteiger partial charge in [-0.15, -0.1) is 0 Å². The van der Waals surface area contributed by atoms with Crippen LogP contribution in [-0.2, 0) is 16.0 Å². The Labute approximate surface area is 255 Å². The van der Waals surface area contributed by atoms with E-state index < -0.39 is 18.1 Å². The number of ether oxygens (including phenoxy) is 2. The van der Waals surface area contributed by atoms with E-state index in [0.717, 1.165) is 67.0 Å². The van der Waals surface area contributed by atoms with Gasteiger partial charge in [0.2, 0.25) is 0 Å². The van der Waals surface area contributed by atoms with Gasteiger partial charge in [0.1, 0.15) is 17.8 Å². The fourth-order valence-electron chi connectivity index (χ4n) is 6.66. The van der Waals surface area contributed by atoms with Gasteiger partial charge in [-0.1, -0.05) is 30.3 Å². The van der Waals surface area contributed by atoms with Gasteiger partial charge in [0.25, 0.3) is 11.8 Å². The predicted molar refractivity (Wildman–Crippen MR) is 166 cm³/mol. The molecule has 0 bridgehead atoms. The summed E-state index contributed by atoms with van der Waals surface area (Å²) in [6.07, 6.45) is 1.26. The molecule has 0 unspecified atom stereocenters. The number of urea groups is 1. The molecule has 2 fully saturated rings. The molecule has 0 radical (unpaired) electrons. The van der Waals surface area contributed by atoms with Crippen LogP contribution in [0.25, 0.3) is 10.9 Å². The Balaban J connectivity index is 1.12. The van der Waals surface area contributed by atoms with Crippen LogP contribution >= 0.6 is 0 Å². The third-order valence-corrected chi connectivity index (χ3v) is 8.89. The first-order chi connectivity index (χ1) is 21.5. The Kier molecular flexibility index (Phi) is 7.53. The molecule has 1 aromatic heterocycles. The van der Waals surface area contributed by atoms with E-state index in [4.69, 9.17) is 9.47 Å². The number of aromatic nitrogens is 1. The molecular weight excluding hydrogens is 558 g/mol. The zero-order valence-corrected chi connectivity index (χ0v) is 24.6. The Morgan fingerprint density at radius 3 is 2.61 bits per heavy atom. The molecule has 226 valence electrons. The zero-order chi connectivity index (χ0) is 30.2. The van der Waals surface area contributed by atoms with E-state index in [2.05, 4.69) is 15.2 Å². The van der Waals surface area contributed by atoms with Crippen LogP contribution in [0.4, 0.5) is 10.5 Å². The summed E-state index contributed by atoms with van der Waals surface area (Å²) in [5, 5.41) is 4.02. The maximum absolute atomic E-state index is 14.1. The number of H-pyrrole nitrogens is 1. The van der Waals surface area contributed by atoms with E-state index in [-0.39, 0.29) is 11.8 Å². The third-order valence-electron chi connectivity index (χ3n) is 8.89. The highest BCUT2D eigenvalue weighted by Crippen LogP contribution is 2.45. The van der Waals surface area contributed by atoms with Crippen LogP contribution in [0, 0.1) is 0 Å². The van der Waals surface area contributed by atoms with E-state index in [1.165, 1.54) is 4.90 Å². The molecule has 44 heavy (non-hydrogen) atoms. The minimum absolute atomic E-state index is 0.182. The number of benzene rings is 3. The van der Waals surface area contributed by atoms with E-state index >= 15 is 0 Å².